The average molecular weight is 288 g/mol. The number of para-hydroxylation sites is 1. The molecule has 0 amide bonds. The molecule has 5 heteroatoms. The summed E-state index contributed by atoms with van der Waals surface area (Å²) in [7, 11) is 0. The van der Waals surface area contributed by atoms with Crippen molar-refractivity contribution < 1.29 is 5.11 Å². The van der Waals surface area contributed by atoms with Gasteiger partial charge < -0.3 is 20.3 Å². The molecule has 0 unspecified atom stereocenters. The Balaban J connectivity index is 1.85. The third-order valence-electron chi connectivity index (χ3n) is 3.26. The number of rotatable bonds is 7. The van der Waals surface area contributed by atoms with E-state index in [2.05, 4.69) is 56.7 Å². The standard InChI is InChI=1S/C16H24N4O/c1-2-17-16(19-10-13-21)18-9-5-11-20-12-8-14-6-3-4-7-15(14)20/h3-4,6-8,12,21H,2,5,9-11,13H2,1H3,(H2,17,18,19). The SMILES string of the molecule is CCNC(=NCCCn1ccc2ccccc21)NCCO. The van der Waals surface area contributed by atoms with Gasteiger partial charge in [-0.15, -0.1) is 0 Å². The molecule has 0 radical (unpaired) electrons. The molecule has 1 aromatic heterocycles. The highest BCUT2D eigenvalue weighted by Crippen LogP contribution is 2.15. The number of hydrogen-bond acceptors (Lipinski definition) is 2. The molecular formula is C16H24N4O. The van der Waals surface area contributed by atoms with Crippen LogP contribution in [0.25, 0.3) is 10.9 Å². The monoisotopic (exact) mass is 288 g/mol. The third kappa shape index (κ3) is 4.49. The molecule has 1 aromatic carbocycles. The summed E-state index contributed by atoms with van der Waals surface area (Å²) in [6.07, 6.45) is 3.11. The molecule has 0 aliphatic rings. The Kier molecular flexibility index (Phi) is 6.09. The highest BCUT2D eigenvalue weighted by atomic mass is 16.3. The molecule has 0 saturated heterocycles. The second-order valence-electron chi connectivity index (χ2n) is 4.83. The maximum atomic E-state index is 8.83. The van der Waals surface area contributed by atoms with E-state index in [-0.39, 0.29) is 6.61 Å². The summed E-state index contributed by atoms with van der Waals surface area (Å²) >= 11 is 0. The van der Waals surface area contributed by atoms with Gasteiger partial charge in [-0.1, -0.05) is 18.2 Å². The fraction of sp³-hybridized carbons (Fsp3) is 0.438. The number of fused-ring (bicyclic) bond motifs is 1. The van der Waals surface area contributed by atoms with Crippen LogP contribution >= 0.6 is 0 Å². The summed E-state index contributed by atoms with van der Waals surface area (Å²) in [6.45, 7) is 5.19. The van der Waals surface area contributed by atoms with E-state index in [1.807, 2.05) is 6.92 Å². The maximum absolute atomic E-state index is 8.83. The number of hydrogen-bond donors (Lipinski definition) is 3. The molecule has 21 heavy (non-hydrogen) atoms. The lowest BCUT2D eigenvalue weighted by Gasteiger charge is -2.10. The minimum atomic E-state index is 0.111. The van der Waals surface area contributed by atoms with Crippen molar-refractivity contribution in [3.05, 3.63) is 36.5 Å². The fourth-order valence-corrected chi connectivity index (χ4v) is 2.28. The van der Waals surface area contributed by atoms with E-state index >= 15 is 0 Å². The molecule has 0 aliphatic heterocycles. The molecule has 0 saturated carbocycles. The van der Waals surface area contributed by atoms with Crippen molar-refractivity contribution in [2.24, 2.45) is 4.99 Å². The predicted molar refractivity (Wildman–Crippen MR) is 87.6 cm³/mol. The Morgan fingerprint density at radius 2 is 2.10 bits per heavy atom. The second-order valence-corrected chi connectivity index (χ2v) is 4.83. The van der Waals surface area contributed by atoms with Gasteiger partial charge in [0.05, 0.1) is 6.61 Å². The number of aliphatic hydroxyl groups is 1. The Bertz CT molecular complexity index is 576. The van der Waals surface area contributed by atoms with E-state index in [4.69, 9.17) is 5.11 Å². The van der Waals surface area contributed by atoms with Crippen molar-refractivity contribution in [3.63, 3.8) is 0 Å². The molecule has 5 nitrogen and oxygen atoms in total. The summed E-state index contributed by atoms with van der Waals surface area (Å²) in [5, 5.41) is 16.3. The van der Waals surface area contributed by atoms with Gasteiger partial charge >= 0.3 is 0 Å². The zero-order chi connectivity index (χ0) is 14.9. The Labute approximate surface area is 125 Å². The first kappa shape index (κ1) is 15.4. The van der Waals surface area contributed by atoms with Crippen molar-refractivity contribution in [2.75, 3.05) is 26.2 Å². The highest BCUT2D eigenvalue weighted by molar-refractivity contribution is 5.80. The predicted octanol–water partition coefficient (Wildman–Crippen LogP) is 1.58. The number of guanidine groups is 1. The van der Waals surface area contributed by atoms with Crippen LogP contribution in [-0.2, 0) is 6.54 Å². The minimum absolute atomic E-state index is 0.111. The number of benzene rings is 1. The van der Waals surface area contributed by atoms with Crippen LogP contribution in [0.15, 0.2) is 41.5 Å². The van der Waals surface area contributed by atoms with E-state index in [1.165, 1.54) is 10.9 Å². The van der Waals surface area contributed by atoms with E-state index < -0.39 is 0 Å². The molecule has 0 aliphatic carbocycles. The lowest BCUT2D eigenvalue weighted by atomic mass is 10.2. The van der Waals surface area contributed by atoms with Gasteiger partial charge in [-0.3, -0.25) is 4.99 Å². The van der Waals surface area contributed by atoms with Crippen molar-refractivity contribution in [1.29, 1.82) is 0 Å². The second kappa shape index (κ2) is 8.32. The molecular weight excluding hydrogens is 264 g/mol. The van der Waals surface area contributed by atoms with Gasteiger partial charge in [-0.25, -0.2) is 0 Å². The highest BCUT2D eigenvalue weighted by Gasteiger charge is 1.99. The van der Waals surface area contributed by atoms with Crippen LogP contribution in [0.3, 0.4) is 0 Å². The molecule has 0 atom stereocenters. The summed E-state index contributed by atoms with van der Waals surface area (Å²) in [5.41, 5.74) is 1.27. The lowest BCUT2D eigenvalue weighted by molar-refractivity contribution is 0.300. The molecule has 3 N–H and O–H groups in total. The van der Waals surface area contributed by atoms with Crippen LogP contribution in [0, 0.1) is 0 Å². The van der Waals surface area contributed by atoms with Gasteiger partial charge in [0.25, 0.3) is 0 Å². The molecule has 0 spiro atoms. The fourth-order valence-electron chi connectivity index (χ4n) is 2.28. The lowest BCUT2D eigenvalue weighted by Crippen LogP contribution is -2.38. The zero-order valence-corrected chi connectivity index (χ0v) is 12.5. The van der Waals surface area contributed by atoms with E-state index in [0.29, 0.717) is 6.54 Å². The van der Waals surface area contributed by atoms with Crippen molar-refractivity contribution in [2.45, 2.75) is 19.9 Å². The van der Waals surface area contributed by atoms with Crippen LogP contribution in [0.1, 0.15) is 13.3 Å². The smallest absolute Gasteiger partial charge is 0.191 e. The molecule has 114 valence electrons. The van der Waals surface area contributed by atoms with E-state index in [9.17, 15) is 0 Å². The number of aryl methyl sites for hydroxylation is 1. The summed E-state index contributed by atoms with van der Waals surface area (Å²) < 4.78 is 2.26. The molecule has 2 rings (SSSR count). The summed E-state index contributed by atoms with van der Waals surface area (Å²) in [5.74, 6) is 0.768. The van der Waals surface area contributed by atoms with Crippen LogP contribution in [0.5, 0.6) is 0 Å². The first-order valence-corrected chi connectivity index (χ1v) is 7.52. The number of nitrogens with zero attached hydrogens (tertiary/aromatic N) is 2. The van der Waals surface area contributed by atoms with Crippen molar-refractivity contribution in [1.82, 2.24) is 15.2 Å². The first-order chi connectivity index (χ1) is 10.3. The third-order valence-corrected chi connectivity index (χ3v) is 3.26. The number of aliphatic imine (C=N–C) groups is 1. The van der Waals surface area contributed by atoms with Gasteiger partial charge in [0, 0.05) is 37.9 Å². The number of nitrogens with one attached hydrogen (secondary N) is 2. The summed E-state index contributed by atoms with van der Waals surface area (Å²) in [4.78, 5) is 4.50. The summed E-state index contributed by atoms with van der Waals surface area (Å²) in [6, 6.07) is 10.6. The molecule has 1 heterocycles. The van der Waals surface area contributed by atoms with Crippen molar-refractivity contribution >= 4 is 16.9 Å². The van der Waals surface area contributed by atoms with Gasteiger partial charge in [0.2, 0.25) is 0 Å². The van der Waals surface area contributed by atoms with Crippen LogP contribution in [-0.4, -0.2) is 41.9 Å². The zero-order valence-electron chi connectivity index (χ0n) is 12.5. The van der Waals surface area contributed by atoms with Crippen LogP contribution in [0.4, 0.5) is 0 Å². The molecule has 0 bridgehead atoms. The molecule has 2 aromatic rings. The topological polar surface area (TPSA) is 61.6 Å². The van der Waals surface area contributed by atoms with Gasteiger partial charge in [-0.05, 0) is 30.9 Å². The first-order valence-electron chi connectivity index (χ1n) is 7.52. The number of aliphatic hydroxyl groups excluding tert-OH is 1. The van der Waals surface area contributed by atoms with Crippen LogP contribution < -0.4 is 10.6 Å². The normalized spacial score (nSPS) is 11.8. The molecule has 0 fully saturated rings. The van der Waals surface area contributed by atoms with Crippen molar-refractivity contribution in [3.8, 4) is 0 Å². The largest absolute Gasteiger partial charge is 0.395 e. The maximum Gasteiger partial charge on any atom is 0.191 e. The minimum Gasteiger partial charge on any atom is -0.395 e. The quantitative estimate of drug-likeness (QED) is 0.412. The van der Waals surface area contributed by atoms with Gasteiger partial charge in [-0.2, -0.15) is 0 Å². The van der Waals surface area contributed by atoms with Gasteiger partial charge in [0.1, 0.15) is 0 Å². The van der Waals surface area contributed by atoms with Crippen LogP contribution in [0.2, 0.25) is 0 Å². The Hall–Kier alpha value is -2.01. The average Bonchev–Trinajstić information content (AvgIpc) is 2.92. The Morgan fingerprint density at radius 1 is 1.24 bits per heavy atom. The van der Waals surface area contributed by atoms with E-state index in [1.54, 1.807) is 0 Å². The van der Waals surface area contributed by atoms with E-state index in [0.717, 1.165) is 32.0 Å². The van der Waals surface area contributed by atoms with Gasteiger partial charge in [0.15, 0.2) is 5.96 Å². The number of aromatic nitrogens is 1. The Morgan fingerprint density at radius 3 is 2.90 bits per heavy atom.